The molecule has 2 rings (SSSR count). The van der Waals surface area contributed by atoms with Crippen LogP contribution in [0.2, 0.25) is 5.02 Å². The van der Waals surface area contributed by atoms with Gasteiger partial charge in [-0.2, -0.15) is 5.26 Å². The van der Waals surface area contributed by atoms with Crippen molar-refractivity contribution in [3.05, 3.63) is 64.4 Å². The van der Waals surface area contributed by atoms with E-state index in [2.05, 4.69) is 11.1 Å². The van der Waals surface area contributed by atoms with Crippen molar-refractivity contribution in [3.8, 4) is 6.07 Å². The van der Waals surface area contributed by atoms with Crippen molar-refractivity contribution in [2.24, 2.45) is 5.73 Å². The first-order valence-electron chi connectivity index (χ1n) is 6.45. The topological polar surface area (TPSA) is 62.7 Å². The van der Waals surface area contributed by atoms with E-state index in [-0.39, 0.29) is 24.4 Å². The fraction of sp³-hybridized carbons (Fsp3) is 0.250. The molecular formula is C16H17Cl2N3. The third-order valence-corrected chi connectivity index (χ3v) is 3.57. The number of halogens is 2. The highest BCUT2D eigenvalue weighted by molar-refractivity contribution is 6.30. The van der Waals surface area contributed by atoms with Crippen LogP contribution in [0.1, 0.15) is 29.5 Å². The molecule has 2 N–H and O–H groups in total. The average Bonchev–Trinajstić information content (AvgIpc) is 2.46. The minimum absolute atomic E-state index is 0. The van der Waals surface area contributed by atoms with Crippen molar-refractivity contribution in [2.45, 2.75) is 25.3 Å². The number of rotatable bonds is 4. The molecule has 110 valence electrons. The van der Waals surface area contributed by atoms with E-state index in [0.29, 0.717) is 5.56 Å². The quantitative estimate of drug-likeness (QED) is 0.933. The van der Waals surface area contributed by atoms with E-state index >= 15 is 0 Å². The average molecular weight is 322 g/mol. The zero-order valence-corrected chi connectivity index (χ0v) is 13.2. The summed E-state index contributed by atoms with van der Waals surface area (Å²) in [7, 11) is 0. The predicted molar refractivity (Wildman–Crippen MR) is 87.7 cm³/mol. The molecule has 21 heavy (non-hydrogen) atoms. The number of nitriles is 1. The van der Waals surface area contributed by atoms with Crippen LogP contribution in [0.25, 0.3) is 0 Å². The molecular weight excluding hydrogens is 305 g/mol. The summed E-state index contributed by atoms with van der Waals surface area (Å²) in [6.45, 7) is 1.97. The Labute approximate surface area is 136 Å². The van der Waals surface area contributed by atoms with E-state index < -0.39 is 0 Å². The molecule has 0 aliphatic heterocycles. The second kappa shape index (κ2) is 7.99. The maximum atomic E-state index is 8.97. The second-order valence-electron chi connectivity index (χ2n) is 4.91. The third-order valence-electron chi connectivity index (χ3n) is 3.32. The minimum Gasteiger partial charge on any atom is -0.327 e. The van der Waals surface area contributed by atoms with Gasteiger partial charge in [-0.05, 0) is 42.7 Å². The van der Waals surface area contributed by atoms with Crippen molar-refractivity contribution in [1.82, 2.24) is 4.98 Å². The van der Waals surface area contributed by atoms with Gasteiger partial charge in [-0.15, -0.1) is 12.4 Å². The molecule has 0 aliphatic carbocycles. The van der Waals surface area contributed by atoms with Crippen molar-refractivity contribution in [2.75, 3.05) is 0 Å². The van der Waals surface area contributed by atoms with Crippen LogP contribution < -0.4 is 5.73 Å². The Balaban J connectivity index is 0.00000220. The van der Waals surface area contributed by atoms with E-state index in [1.54, 1.807) is 12.4 Å². The van der Waals surface area contributed by atoms with Crippen LogP contribution in [-0.4, -0.2) is 11.0 Å². The Kier molecular flexibility index (Phi) is 6.64. The molecule has 2 unspecified atom stereocenters. The largest absolute Gasteiger partial charge is 0.327 e. The van der Waals surface area contributed by atoms with Gasteiger partial charge in [-0.25, -0.2) is 0 Å². The zero-order chi connectivity index (χ0) is 14.5. The molecule has 0 saturated carbocycles. The summed E-state index contributed by atoms with van der Waals surface area (Å²) in [5.74, 6) is 0.122. The Morgan fingerprint density at radius 1 is 1.29 bits per heavy atom. The summed E-state index contributed by atoms with van der Waals surface area (Å²) in [6.07, 6.45) is 4.14. The van der Waals surface area contributed by atoms with E-state index in [1.807, 2.05) is 37.3 Å². The Morgan fingerprint density at radius 2 is 1.95 bits per heavy atom. The van der Waals surface area contributed by atoms with Crippen LogP contribution in [0.15, 0.2) is 42.7 Å². The highest BCUT2D eigenvalue weighted by Crippen LogP contribution is 2.24. The fourth-order valence-electron chi connectivity index (χ4n) is 2.20. The van der Waals surface area contributed by atoms with Crippen LogP contribution >= 0.6 is 24.0 Å². The summed E-state index contributed by atoms with van der Waals surface area (Å²) in [5, 5.41) is 9.69. The standard InChI is InChI=1S/C16H16ClN3.ClH/c1-11(19)16(7-12-2-4-15(17)5-3-12)14-6-13(8-18)9-20-10-14;/h2-6,9-11,16H,7,19H2,1H3;1H. The Hall–Kier alpha value is -1.60. The lowest BCUT2D eigenvalue weighted by molar-refractivity contribution is 0.563. The number of pyridine rings is 1. The minimum atomic E-state index is -0.0265. The number of nitrogens with two attached hydrogens (primary N) is 1. The monoisotopic (exact) mass is 321 g/mol. The SMILES string of the molecule is CC(N)C(Cc1ccc(Cl)cc1)c1cncc(C#N)c1.Cl. The van der Waals surface area contributed by atoms with E-state index in [1.165, 1.54) is 5.56 Å². The van der Waals surface area contributed by atoms with E-state index in [0.717, 1.165) is 17.0 Å². The number of hydrogen-bond acceptors (Lipinski definition) is 3. The van der Waals surface area contributed by atoms with Crippen LogP contribution in [0.4, 0.5) is 0 Å². The molecule has 2 atom stereocenters. The van der Waals surface area contributed by atoms with Crippen molar-refractivity contribution in [3.63, 3.8) is 0 Å². The van der Waals surface area contributed by atoms with Gasteiger partial charge < -0.3 is 5.73 Å². The van der Waals surface area contributed by atoms with E-state index in [4.69, 9.17) is 22.6 Å². The Morgan fingerprint density at radius 3 is 2.52 bits per heavy atom. The maximum absolute atomic E-state index is 8.97. The molecule has 1 heterocycles. The molecule has 5 heteroatoms. The molecule has 3 nitrogen and oxygen atoms in total. The molecule has 2 aromatic rings. The van der Waals surface area contributed by atoms with Crippen molar-refractivity contribution in [1.29, 1.82) is 5.26 Å². The van der Waals surface area contributed by atoms with Gasteiger partial charge in [0.2, 0.25) is 0 Å². The zero-order valence-electron chi connectivity index (χ0n) is 11.7. The molecule has 0 amide bonds. The summed E-state index contributed by atoms with van der Waals surface area (Å²) in [6, 6.07) is 11.7. The highest BCUT2D eigenvalue weighted by atomic mass is 35.5. The lowest BCUT2D eigenvalue weighted by Crippen LogP contribution is -2.26. The second-order valence-corrected chi connectivity index (χ2v) is 5.35. The van der Waals surface area contributed by atoms with Crippen LogP contribution in [0.3, 0.4) is 0 Å². The number of benzene rings is 1. The highest BCUT2D eigenvalue weighted by Gasteiger charge is 2.17. The third kappa shape index (κ3) is 4.71. The van der Waals surface area contributed by atoms with Gasteiger partial charge in [0.15, 0.2) is 0 Å². The first-order valence-corrected chi connectivity index (χ1v) is 6.83. The summed E-state index contributed by atoms with van der Waals surface area (Å²) >= 11 is 5.90. The molecule has 1 aromatic carbocycles. The van der Waals surface area contributed by atoms with Gasteiger partial charge in [0.1, 0.15) is 6.07 Å². The number of nitrogens with zero attached hydrogens (tertiary/aromatic N) is 2. The van der Waals surface area contributed by atoms with E-state index in [9.17, 15) is 0 Å². The lowest BCUT2D eigenvalue weighted by Gasteiger charge is -2.21. The fourth-order valence-corrected chi connectivity index (χ4v) is 2.33. The molecule has 0 bridgehead atoms. The van der Waals surface area contributed by atoms with Gasteiger partial charge >= 0.3 is 0 Å². The smallest absolute Gasteiger partial charge is 0.101 e. The maximum Gasteiger partial charge on any atom is 0.101 e. The Bertz CT molecular complexity index is 618. The molecule has 0 aliphatic rings. The number of aromatic nitrogens is 1. The summed E-state index contributed by atoms with van der Waals surface area (Å²) in [5.41, 5.74) is 8.82. The lowest BCUT2D eigenvalue weighted by atomic mass is 9.87. The summed E-state index contributed by atoms with van der Waals surface area (Å²) < 4.78 is 0. The van der Waals surface area contributed by atoms with Gasteiger partial charge in [0, 0.05) is 29.4 Å². The molecule has 0 radical (unpaired) electrons. The first-order chi connectivity index (χ1) is 9.60. The molecule has 0 spiro atoms. The molecule has 1 aromatic heterocycles. The number of hydrogen-bond donors (Lipinski definition) is 1. The molecule has 0 fully saturated rings. The van der Waals surface area contributed by atoms with Crippen LogP contribution in [0, 0.1) is 11.3 Å². The van der Waals surface area contributed by atoms with Crippen molar-refractivity contribution >= 4 is 24.0 Å². The van der Waals surface area contributed by atoms with Gasteiger partial charge in [0.05, 0.1) is 5.56 Å². The predicted octanol–water partition coefficient (Wildman–Crippen LogP) is 3.70. The van der Waals surface area contributed by atoms with Gasteiger partial charge in [0.25, 0.3) is 0 Å². The molecule has 0 saturated heterocycles. The van der Waals surface area contributed by atoms with Crippen molar-refractivity contribution < 1.29 is 0 Å². The summed E-state index contributed by atoms with van der Waals surface area (Å²) in [4.78, 5) is 4.12. The van der Waals surface area contributed by atoms with Gasteiger partial charge in [-0.3, -0.25) is 4.98 Å². The van der Waals surface area contributed by atoms with Crippen LogP contribution in [-0.2, 0) is 6.42 Å². The normalized spacial score (nSPS) is 12.9. The van der Waals surface area contributed by atoms with Gasteiger partial charge in [-0.1, -0.05) is 23.7 Å². The first kappa shape index (κ1) is 17.5. The van der Waals surface area contributed by atoms with Crippen LogP contribution in [0.5, 0.6) is 0 Å².